The van der Waals surface area contributed by atoms with Crippen LogP contribution in [0.2, 0.25) is 0 Å². The van der Waals surface area contributed by atoms with Crippen molar-refractivity contribution < 1.29 is 9.13 Å². The Balaban J connectivity index is 2.31. The molecule has 110 valence electrons. The molecule has 0 unspecified atom stereocenters. The zero-order chi connectivity index (χ0) is 14.5. The number of halogens is 1. The Morgan fingerprint density at radius 1 is 1.45 bits per heavy atom. The average molecular weight is 278 g/mol. The topological polar surface area (TPSA) is 24.5 Å². The standard InChI is InChI=1S/C16H23FN2O/c1-12(2)10-15(19-8-6-18-7-9-19)14-5-4-13(17)11-16(14)20-3/h4-5,11,15,18H,1,6-10H2,2-3H3/t15-/m1/s1. The third-order valence-corrected chi connectivity index (χ3v) is 3.69. The summed E-state index contributed by atoms with van der Waals surface area (Å²) in [4.78, 5) is 2.42. The largest absolute Gasteiger partial charge is 0.496 e. The van der Waals surface area contributed by atoms with Gasteiger partial charge in [0.05, 0.1) is 7.11 Å². The number of nitrogens with one attached hydrogen (secondary N) is 1. The maximum Gasteiger partial charge on any atom is 0.126 e. The summed E-state index contributed by atoms with van der Waals surface area (Å²) in [5.74, 6) is 0.356. The summed E-state index contributed by atoms with van der Waals surface area (Å²) in [6.07, 6.45) is 0.863. The van der Waals surface area contributed by atoms with E-state index in [1.807, 2.05) is 13.0 Å². The Hall–Kier alpha value is -1.39. The second kappa shape index (κ2) is 6.86. The number of ether oxygens (including phenoxy) is 1. The lowest BCUT2D eigenvalue weighted by Crippen LogP contribution is -2.45. The van der Waals surface area contributed by atoms with E-state index in [0.29, 0.717) is 5.75 Å². The van der Waals surface area contributed by atoms with Crippen LogP contribution in [0.5, 0.6) is 5.75 Å². The van der Waals surface area contributed by atoms with Gasteiger partial charge in [-0.15, -0.1) is 6.58 Å². The molecule has 1 saturated heterocycles. The molecule has 2 rings (SSSR count). The fraction of sp³-hybridized carbons (Fsp3) is 0.500. The van der Waals surface area contributed by atoms with E-state index in [2.05, 4.69) is 16.8 Å². The van der Waals surface area contributed by atoms with Crippen molar-refractivity contribution >= 4 is 0 Å². The van der Waals surface area contributed by atoms with Crippen LogP contribution < -0.4 is 10.1 Å². The summed E-state index contributed by atoms with van der Waals surface area (Å²) in [6.45, 7) is 10.00. The van der Waals surface area contributed by atoms with Crippen molar-refractivity contribution in [3.8, 4) is 5.75 Å². The van der Waals surface area contributed by atoms with E-state index in [-0.39, 0.29) is 11.9 Å². The van der Waals surface area contributed by atoms with Crippen molar-refractivity contribution in [1.29, 1.82) is 0 Å². The quantitative estimate of drug-likeness (QED) is 0.838. The summed E-state index contributed by atoms with van der Waals surface area (Å²) >= 11 is 0. The Bertz CT molecular complexity index is 470. The molecular weight excluding hydrogens is 255 g/mol. The molecule has 1 atom stereocenters. The predicted octanol–water partition coefficient (Wildman–Crippen LogP) is 2.75. The molecule has 1 aliphatic rings. The zero-order valence-electron chi connectivity index (χ0n) is 12.3. The number of hydrogen-bond acceptors (Lipinski definition) is 3. The molecule has 0 bridgehead atoms. The molecule has 0 radical (unpaired) electrons. The molecule has 4 heteroatoms. The van der Waals surface area contributed by atoms with Crippen molar-refractivity contribution in [3.05, 3.63) is 41.7 Å². The van der Waals surface area contributed by atoms with E-state index >= 15 is 0 Å². The Kier molecular flexibility index (Phi) is 5.15. The van der Waals surface area contributed by atoms with Gasteiger partial charge >= 0.3 is 0 Å². The van der Waals surface area contributed by atoms with Gasteiger partial charge in [-0.25, -0.2) is 4.39 Å². The predicted molar refractivity (Wildman–Crippen MR) is 79.6 cm³/mol. The SMILES string of the molecule is C=C(C)C[C@H](c1ccc(F)cc1OC)N1CCNCC1. The van der Waals surface area contributed by atoms with Crippen LogP contribution in [0, 0.1) is 5.82 Å². The number of benzene rings is 1. The molecule has 1 N–H and O–H groups in total. The second-order valence-electron chi connectivity index (χ2n) is 5.35. The lowest BCUT2D eigenvalue weighted by atomic mass is 9.97. The normalized spacial score (nSPS) is 17.8. The first-order valence-corrected chi connectivity index (χ1v) is 7.04. The molecule has 1 aromatic rings. The highest BCUT2D eigenvalue weighted by Crippen LogP contribution is 2.34. The highest BCUT2D eigenvalue weighted by molar-refractivity contribution is 5.37. The first kappa shape index (κ1) is 15.0. The molecule has 0 aromatic heterocycles. The summed E-state index contributed by atoms with van der Waals surface area (Å²) in [5.41, 5.74) is 2.17. The second-order valence-corrected chi connectivity index (χ2v) is 5.35. The van der Waals surface area contributed by atoms with Gasteiger partial charge < -0.3 is 10.1 Å². The average Bonchev–Trinajstić information content (AvgIpc) is 2.45. The maximum atomic E-state index is 13.4. The van der Waals surface area contributed by atoms with E-state index in [1.54, 1.807) is 7.11 Å². The number of rotatable bonds is 5. The van der Waals surface area contributed by atoms with Gasteiger partial charge in [-0.2, -0.15) is 0 Å². The van der Waals surface area contributed by atoms with E-state index in [9.17, 15) is 4.39 Å². The van der Waals surface area contributed by atoms with Gasteiger partial charge in [0.1, 0.15) is 11.6 Å². The van der Waals surface area contributed by atoms with E-state index in [0.717, 1.165) is 43.7 Å². The molecule has 0 spiro atoms. The van der Waals surface area contributed by atoms with E-state index in [1.165, 1.54) is 12.1 Å². The van der Waals surface area contributed by atoms with E-state index < -0.39 is 0 Å². The van der Waals surface area contributed by atoms with Crippen molar-refractivity contribution in [1.82, 2.24) is 10.2 Å². The van der Waals surface area contributed by atoms with Crippen LogP contribution in [0.3, 0.4) is 0 Å². The maximum absolute atomic E-state index is 13.4. The number of nitrogens with zero attached hydrogens (tertiary/aromatic N) is 1. The van der Waals surface area contributed by atoms with Crippen LogP contribution in [-0.2, 0) is 0 Å². The Labute approximate surface area is 120 Å². The van der Waals surface area contributed by atoms with Crippen molar-refractivity contribution in [2.45, 2.75) is 19.4 Å². The Morgan fingerprint density at radius 2 is 2.15 bits per heavy atom. The van der Waals surface area contributed by atoms with Crippen molar-refractivity contribution in [2.75, 3.05) is 33.3 Å². The fourth-order valence-electron chi connectivity index (χ4n) is 2.72. The van der Waals surface area contributed by atoms with Gasteiger partial charge in [-0.05, 0) is 19.4 Å². The van der Waals surface area contributed by atoms with Crippen LogP contribution >= 0.6 is 0 Å². The van der Waals surface area contributed by atoms with Crippen LogP contribution in [0.15, 0.2) is 30.4 Å². The lowest BCUT2D eigenvalue weighted by molar-refractivity contribution is 0.169. The molecular formula is C16H23FN2O. The van der Waals surface area contributed by atoms with Gasteiger partial charge in [-0.1, -0.05) is 11.6 Å². The first-order chi connectivity index (χ1) is 9.61. The van der Waals surface area contributed by atoms with Crippen molar-refractivity contribution in [2.24, 2.45) is 0 Å². The third-order valence-electron chi connectivity index (χ3n) is 3.69. The molecule has 0 amide bonds. The van der Waals surface area contributed by atoms with E-state index in [4.69, 9.17) is 4.74 Å². The molecule has 0 saturated carbocycles. The molecule has 1 aromatic carbocycles. The van der Waals surface area contributed by atoms with Gasteiger partial charge in [-0.3, -0.25) is 4.90 Å². The monoisotopic (exact) mass is 278 g/mol. The van der Waals surface area contributed by atoms with Crippen LogP contribution in [0.1, 0.15) is 24.9 Å². The molecule has 1 heterocycles. The molecule has 20 heavy (non-hydrogen) atoms. The molecule has 3 nitrogen and oxygen atoms in total. The van der Waals surface area contributed by atoms with Gasteiger partial charge in [0, 0.05) is 43.9 Å². The highest BCUT2D eigenvalue weighted by atomic mass is 19.1. The van der Waals surface area contributed by atoms with Gasteiger partial charge in [0.2, 0.25) is 0 Å². The van der Waals surface area contributed by atoms with Crippen LogP contribution in [0.4, 0.5) is 4.39 Å². The molecule has 1 aliphatic heterocycles. The van der Waals surface area contributed by atoms with Gasteiger partial charge in [0.25, 0.3) is 0 Å². The number of piperazine rings is 1. The van der Waals surface area contributed by atoms with Crippen molar-refractivity contribution in [3.63, 3.8) is 0 Å². The number of hydrogen-bond donors (Lipinski definition) is 1. The van der Waals surface area contributed by atoms with Gasteiger partial charge in [0.15, 0.2) is 0 Å². The summed E-state index contributed by atoms with van der Waals surface area (Å²) < 4.78 is 18.7. The smallest absolute Gasteiger partial charge is 0.126 e. The summed E-state index contributed by atoms with van der Waals surface area (Å²) in [6, 6.07) is 5.00. The van der Waals surface area contributed by atoms with Crippen LogP contribution in [-0.4, -0.2) is 38.2 Å². The summed E-state index contributed by atoms with van der Waals surface area (Å²) in [7, 11) is 1.59. The number of methoxy groups -OCH3 is 1. The molecule has 1 fully saturated rings. The minimum atomic E-state index is -0.264. The fourth-order valence-corrected chi connectivity index (χ4v) is 2.72. The molecule has 0 aliphatic carbocycles. The zero-order valence-corrected chi connectivity index (χ0v) is 12.3. The summed E-state index contributed by atoms with van der Waals surface area (Å²) in [5, 5.41) is 3.36. The Morgan fingerprint density at radius 3 is 2.75 bits per heavy atom. The minimum absolute atomic E-state index is 0.199. The first-order valence-electron chi connectivity index (χ1n) is 7.04. The highest BCUT2D eigenvalue weighted by Gasteiger charge is 2.25. The minimum Gasteiger partial charge on any atom is -0.496 e. The van der Waals surface area contributed by atoms with Crippen LogP contribution in [0.25, 0.3) is 0 Å². The lowest BCUT2D eigenvalue weighted by Gasteiger charge is -2.36. The third kappa shape index (κ3) is 3.58.